The van der Waals surface area contributed by atoms with Crippen molar-refractivity contribution in [1.29, 1.82) is 0 Å². The minimum Gasteiger partial charge on any atom is -0.359 e. The van der Waals surface area contributed by atoms with Crippen LogP contribution in [0.3, 0.4) is 0 Å². The summed E-state index contributed by atoms with van der Waals surface area (Å²) < 4.78 is 5.36. The topological polar surface area (TPSA) is 49.6 Å². The molecule has 0 atom stereocenters. The number of aromatic nitrogens is 1. The molecule has 0 spiro atoms. The maximum absolute atomic E-state index is 12.5. The van der Waals surface area contributed by atoms with Crippen molar-refractivity contribution in [3.8, 4) is 0 Å². The summed E-state index contributed by atoms with van der Waals surface area (Å²) in [6.07, 6.45) is 0. The maximum Gasteiger partial charge on any atom is 0.276 e. The van der Waals surface area contributed by atoms with E-state index in [4.69, 9.17) is 4.52 Å². The highest BCUT2D eigenvalue weighted by Crippen LogP contribution is 2.12. The number of nitrogens with zero attached hydrogens (tertiary/aromatic N) is 3. The summed E-state index contributed by atoms with van der Waals surface area (Å²) in [5.74, 6) is 0.537. The van der Waals surface area contributed by atoms with E-state index >= 15 is 0 Å². The molecule has 2 aromatic carbocycles. The Labute approximate surface area is 153 Å². The Balaban J connectivity index is 1.57. The van der Waals surface area contributed by atoms with E-state index in [0.717, 1.165) is 12.1 Å². The standard InChI is InChI=1S/C21H23N3O2/c1-23(14-17-9-5-3-6-10-17)16-19-13-20(22-26-19)21(25)24(2)15-18-11-7-4-8-12-18/h3-13H,14-16H2,1-2H3. The Kier molecular flexibility index (Phi) is 5.81. The maximum atomic E-state index is 12.5. The molecule has 3 aromatic rings. The monoisotopic (exact) mass is 349 g/mol. The van der Waals surface area contributed by atoms with Crippen LogP contribution in [-0.4, -0.2) is 35.0 Å². The number of hydrogen-bond donors (Lipinski definition) is 0. The van der Waals surface area contributed by atoms with Gasteiger partial charge in [-0.3, -0.25) is 9.69 Å². The third kappa shape index (κ3) is 4.80. The molecule has 1 amide bonds. The molecule has 0 aliphatic carbocycles. The van der Waals surface area contributed by atoms with Crippen molar-refractivity contribution in [3.63, 3.8) is 0 Å². The molecule has 0 N–H and O–H groups in total. The van der Waals surface area contributed by atoms with E-state index in [2.05, 4.69) is 22.2 Å². The fourth-order valence-electron chi connectivity index (χ4n) is 2.83. The van der Waals surface area contributed by atoms with Gasteiger partial charge in [0.05, 0.1) is 6.54 Å². The summed E-state index contributed by atoms with van der Waals surface area (Å²) in [6.45, 7) is 1.94. The second-order valence-electron chi connectivity index (χ2n) is 6.48. The summed E-state index contributed by atoms with van der Waals surface area (Å²) in [5, 5.41) is 3.95. The Morgan fingerprint density at radius 2 is 1.46 bits per heavy atom. The second kappa shape index (κ2) is 8.45. The zero-order valence-electron chi connectivity index (χ0n) is 15.1. The van der Waals surface area contributed by atoms with Crippen LogP contribution in [0.5, 0.6) is 0 Å². The van der Waals surface area contributed by atoms with Crippen molar-refractivity contribution in [2.24, 2.45) is 0 Å². The molecule has 0 unspecified atom stereocenters. The Bertz CT molecular complexity index is 831. The third-order valence-electron chi connectivity index (χ3n) is 4.11. The van der Waals surface area contributed by atoms with E-state index in [1.165, 1.54) is 5.56 Å². The van der Waals surface area contributed by atoms with Gasteiger partial charge in [0.25, 0.3) is 5.91 Å². The van der Waals surface area contributed by atoms with Crippen LogP contribution in [0, 0.1) is 0 Å². The van der Waals surface area contributed by atoms with E-state index in [-0.39, 0.29) is 5.91 Å². The first-order valence-corrected chi connectivity index (χ1v) is 8.59. The summed E-state index contributed by atoms with van der Waals surface area (Å²) in [4.78, 5) is 16.3. The number of carbonyl (C=O) groups is 1. The molecule has 3 rings (SSSR count). The summed E-state index contributed by atoms with van der Waals surface area (Å²) in [6, 6.07) is 21.8. The Morgan fingerprint density at radius 1 is 0.885 bits per heavy atom. The van der Waals surface area contributed by atoms with Crippen LogP contribution in [0.2, 0.25) is 0 Å². The first-order chi connectivity index (χ1) is 12.6. The molecule has 0 saturated heterocycles. The number of carbonyl (C=O) groups excluding carboxylic acids is 1. The van der Waals surface area contributed by atoms with Crippen LogP contribution >= 0.6 is 0 Å². The number of rotatable bonds is 7. The van der Waals surface area contributed by atoms with Gasteiger partial charge in [0.1, 0.15) is 0 Å². The highest BCUT2D eigenvalue weighted by Gasteiger charge is 2.17. The number of benzene rings is 2. The van der Waals surface area contributed by atoms with Crippen LogP contribution in [0.15, 0.2) is 71.3 Å². The molecular weight excluding hydrogens is 326 g/mol. The van der Waals surface area contributed by atoms with E-state index in [9.17, 15) is 4.79 Å². The summed E-state index contributed by atoms with van der Waals surface area (Å²) in [5.41, 5.74) is 2.65. The lowest BCUT2D eigenvalue weighted by Crippen LogP contribution is -2.26. The fourth-order valence-corrected chi connectivity index (χ4v) is 2.83. The van der Waals surface area contributed by atoms with Crippen LogP contribution in [0.4, 0.5) is 0 Å². The second-order valence-corrected chi connectivity index (χ2v) is 6.48. The van der Waals surface area contributed by atoms with Gasteiger partial charge in [-0.1, -0.05) is 65.8 Å². The molecule has 134 valence electrons. The van der Waals surface area contributed by atoms with Gasteiger partial charge in [0, 0.05) is 26.2 Å². The van der Waals surface area contributed by atoms with Gasteiger partial charge in [-0.25, -0.2) is 0 Å². The third-order valence-corrected chi connectivity index (χ3v) is 4.11. The first kappa shape index (κ1) is 17.9. The average molecular weight is 349 g/mol. The Morgan fingerprint density at radius 3 is 2.08 bits per heavy atom. The van der Waals surface area contributed by atoms with E-state index in [1.807, 2.05) is 55.6 Å². The Hall–Kier alpha value is -2.92. The molecule has 0 aliphatic rings. The molecule has 26 heavy (non-hydrogen) atoms. The average Bonchev–Trinajstić information content (AvgIpc) is 3.11. The number of hydrogen-bond acceptors (Lipinski definition) is 4. The van der Waals surface area contributed by atoms with E-state index in [0.29, 0.717) is 24.5 Å². The van der Waals surface area contributed by atoms with Crippen molar-refractivity contribution in [1.82, 2.24) is 15.0 Å². The van der Waals surface area contributed by atoms with Crippen molar-refractivity contribution >= 4 is 5.91 Å². The molecule has 0 radical (unpaired) electrons. The molecule has 0 saturated carbocycles. The minimum absolute atomic E-state index is 0.144. The molecular formula is C21H23N3O2. The van der Waals surface area contributed by atoms with Gasteiger partial charge in [0.15, 0.2) is 11.5 Å². The minimum atomic E-state index is -0.144. The van der Waals surface area contributed by atoms with Crippen LogP contribution < -0.4 is 0 Å². The SMILES string of the molecule is CN(Cc1ccccc1)Cc1cc(C(=O)N(C)Cc2ccccc2)no1. The first-order valence-electron chi connectivity index (χ1n) is 8.59. The predicted octanol–water partition coefficient (Wildman–Crippen LogP) is 3.58. The quantitative estimate of drug-likeness (QED) is 0.654. The zero-order chi connectivity index (χ0) is 18.4. The molecule has 0 bridgehead atoms. The summed E-state index contributed by atoms with van der Waals surface area (Å²) >= 11 is 0. The van der Waals surface area contributed by atoms with Gasteiger partial charge in [-0.05, 0) is 18.2 Å². The van der Waals surface area contributed by atoms with Gasteiger partial charge in [0.2, 0.25) is 0 Å². The largest absolute Gasteiger partial charge is 0.359 e. The zero-order valence-corrected chi connectivity index (χ0v) is 15.1. The summed E-state index contributed by atoms with van der Waals surface area (Å²) in [7, 11) is 3.78. The normalized spacial score (nSPS) is 10.9. The molecule has 1 heterocycles. The van der Waals surface area contributed by atoms with Crippen molar-refractivity contribution < 1.29 is 9.32 Å². The molecule has 0 aliphatic heterocycles. The lowest BCUT2D eigenvalue weighted by Gasteiger charge is -2.15. The van der Waals surface area contributed by atoms with Crippen LogP contribution in [0.25, 0.3) is 0 Å². The van der Waals surface area contributed by atoms with Crippen LogP contribution in [0.1, 0.15) is 27.4 Å². The van der Waals surface area contributed by atoms with Gasteiger partial charge >= 0.3 is 0 Å². The van der Waals surface area contributed by atoms with Crippen molar-refractivity contribution in [3.05, 3.63) is 89.3 Å². The highest BCUT2D eigenvalue weighted by molar-refractivity contribution is 5.92. The fraction of sp³-hybridized carbons (Fsp3) is 0.238. The van der Waals surface area contributed by atoms with Gasteiger partial charge < -0.3 is 9.42 Å². The lowest BCUT2D eigenvalue weighted by atomic mass is 10.2. The van der Waals surface area contributed by atoms with Gasteiger partial charge in [-0.15, -0.1) is 0 Å². The smallest absolute Gasteiger partial charge is 0.276 e. The number of amides is 1. The highest BCUT2D eigenvalue weighted by atomic mass is 16.5. The molecule has 0 fully saturated rings. The molecule has 5 heteroatoms. The van der Waals surface area contributed by atoms with E-state index in [1.54, 1.807) is 18.0 Å². The predicted molar refractivity (Wildman–Crippen MR) is 100 cm³/mol. The molecule has 1 aromatic heterocycles. The van der Waals surface area contributed by atoms with Crippen LogP contribution in [-0.2, 0) is 19.6 Å². The van der Waals surface area contributed by atoms with E-state index < -0.39 is 0 Å². The van der Waals surface area contributed by atoms with Crippen molar-refractivity contribution in [2.75, 3.05) is 14.1 Å². The van der Waals surface area contributed by atoms with Gasteiger partial charge in [-0.2, -0.15) is 0 Å². The molecule has 5 nitrogen and oxygen atoms in total. The van der Waals surface area contributed by atoms with Crippen molar-refractivity contribution in [2.45, 2.75) is 19.6 Å². The lowest BCUT2D eigenvalue weighted by molar-refractivity contribution is 0.0774.